The zero-order valence-electron chi connectivity index (χ0n) is 19.0. The van der Waals surface area contributed by atoms with Gasteiger partial charge in [-0.3, -0.25) is 9.69 Å². The Bertz CT molecular complexity index is 1040. The third-order valence-electron chi connectivity index (χ3n) is 6.66. The summed E-state index contributed by atoms with van der Waals surface area (Å²) in [6, 6.07) is 24.5. The molecule has 166 valence electrons. The molecule has 4 rings (SSSR count). The van der Waals surface area contributed by atoms with Crippen molar-refractivity contribution in [3.8, 4) is 5.75 Å². The van der Waals surface area contributed by atoms with Gasteiger partial charge in [0.15, 0.2) is 0 Å². The molecule has 1 saturated heterocycles. The van der Waals surface area contributed by atoms with Crippen LogP contribution in [-0.4, -0.2) is 47.0 Å². The van der Waals surface area contributed by atoms with Gasteiger partial charge in [-0.2, -0.15) is 0 Å². The van der Waals surface area contributed by atoms with Gasteiger partial charge < -0.3 is 10.0 Å². The Balaban J connectivity index is 1.46. The van der Waals surface area contributed by atoms with Gasteiger partial charge in [-0.15, -0.1) is 0 Å². The van der Waals surface area contributed by atoms with Crippen molar-refractivity contribution < 1.29 is 9.90 Å². The van der Waals surface area contributed by atoms with E-state index in [2.05, 4.69) is 29.2 Å². The van der Waals surface area contributed by atoms with Crippen LogP contribution >= 0.6 is 0 Å². The molecule has 1 fully saturated rings. The molecule has 1 N–H and O–H groups in total. The molecule has 4 nitrogen and oxygen atoms in total. The van der Waals surface area contributed by atoms with E-state index in [1.807, 2.05) is 67.3 Å². The monoisotopic (exact) mass is 428 g/mol. The molecule has 32 heavy (non-hydrogen) atoms. The van der Waals surface area contributed by atoms with Crippen LogP contribution in [0.3, 0.4) is 0 Å². The first kappa shape index (κ1) is 22.1. The average Bonchev–Trinajstić information content (AvgIpc) is 2.83. The van der Waals surface area contributed by atoms with Crippen LogP contribution in [0.15, 0.2) is 72.8 Å². The molecule has 3 aromatic rings. The van der Waals surface area contributed by atoms with Crippen molar-refractivity contribution >= 4 is 5.91 Å². The van der Waals surface area contributed by atoms with Crippen molar-refractivity contribution in [2.75, 3.05) is 26.2 Å². The highest BCUT2D eigenvalue weighted by Crippen LogP contribution is 2.37. The number of nitrogens with zero attached hydrogens (tertiary/aromatic N) is 2. The van der Waals surface area contributed by atoms with E-state index in [0.717, 1.165) is 55.0 Å². The molecule has 1 aliphatic rings. The lowest BCUT2D eigenvalue weighted by Crippen LogP contribution is -2.48. The highest BCUT2D eigenvalue weighted by atomic mass is 16.3. The van der Waals surface area contributed by atoms with Crippen molar-refractivity contribution in [3.63, 3.8) is 0 Å². The fourth-order valence-electron chi connectivity index (χ4n) is 4.50. The maximum absolute atomic E-state index is 13.3. The van der Waals surface area contributed by atoms with Crippen LogP contribution in [0.5, 0.6) is 5.75 Å². The van der Waals surface area contributed by atoms with E-state index in [1.54, 1.807) is 0 Å². The minimum atomic E-state index is -0.162. The van der Waals surface area contributed by atoms with Crippen LogP contribution in [0.4, 0.5) is 0 Å². The average molecular weight is 429 g/mol. The first-order valence-corrected chi connectivity index (χ1v) is 11.4. The molecule has 0 aromatic heterocycles. The number of carbonyl (C=O) groups excluding carboxylic acids is 1. The molecule has 0 bridgehead atoms. The molecule has 3 aromatic carbocycles. The Labute approximate surface area is 191 Å². The van der Waals surface area contributed by atoms with Crippen molar-refractivity contribution in [1.29, 1.82) is 0 Å². The van der Waals surface area contributed by atoms with Crippen LogP contribution in [0, 0.1) is 13.8 Å². The quantitative estimate of drug-likeness (QED) is 0.609. The van der Waals surface area contributed by atoms with E-state index in [1.165, 1.54) is 5.56 Å². The summed E-state index contributed by atoms with van der Waals surface area (Å²) in [6.45, 7) is 8.10. The first-order valence-electron chi connectivity index (χ1n) is 11.4. The number of phenolic OH excluding ortho intramolecular Hbond substituents is 1. The zero-order chi connectivity index (χ0) is 22.5. The lowest BCUT2D eigenvalue weighted by Gasteiger charge is -2.35. The summed E-state index contributed by atoms with van der Waals surface area (Å²) in [6.07, 6.45) is 0.360. The van der Waals surface area contributed by atoms with Gasteiger partial charge in [-0.05, 0) is 36.1 Å². The van der Waals surface area contributed by atoms with Gasteiger partial charge >= 0.3 is 0 Å². The third kappa shape index (κ3) is 5.03. The van der Waals surface area contributed by atoms with Crippen molar-refractivity contribution in [2.24, 2.45) is 0 Å². The Kier molecular flexibility index (Phi) is 6.91. The summed E-state index contributed by atoms with van der Waals surface area (Å²) in [7, 11) is 0. The number of hydrogen-bond donors (Lipinski definition) is 1. The Morgan fingerprint density at radius 3 is 2.16 bits per heavy atom. The fourth-order valence-corrected chi connectivity index (χ4v) is 4.50. The molecule has 1 atom stereocenters. The number of aromatic hydroxyl groups is 1. The molecule has 1 amide bonds. The second kappa shape index (κ2) is 10.0. The lowest BCUT2D eigenvalue weighted by atomic mass is 9.85. The van der Waals surface area contributed by atoms with Crippen LogP contribution < -0.4 is 0 Å². The summed E-state index contributed by atoms with van der Waals surface area (Å²) in [4.78, 5) is 17.7. The predicted molar refractivity (Wildman–Crippen MR) is 129 cm³/mol. The van der Waals surface area contributed by atoms with E-state index in [9.17, 15) is 9.90 Å². The number of aryl methyl sites for hydroxylation is 1. The number of carbonyl (C=O) groups is 1. The minimum Gasteiger partial charge on any atom is -0.507 e. The number of rotatable bonds is 6. The molecule has 0 unspecified atom stereocenters. The second-order valence-corrected chi connectivity index (χ2v) is 8.76. The van der Waals surface area contributed by atoms with Gasteiger partial charge in [0.2, 0.25) is 5.91 Å². The lowest BCUT2D eigenvalue weighted by molar-refractivity contribution is -0.133. The smallest absolute Gasteiger partial charge is 0.223 e. The summed E-state index contributed by atoms with van der Waals surface area (Å²) >= 11 is 0. The minimum absolute atomic E-state index is 0.149. The van der Waals surface area contributed by atoms with Gasteiger partial charge in [-0.25, -0.2) is 0 Å². The topological polar surface area (TPSA) is 43.8 Å². The SMILES string of the molecule is Cc1ccc([C@H](CC(=O)N2CCN(Cc3ccccc3)CC2)c2ccccc2)c(O)c1C. The predicted octanol–water partition coefficient (Wildman–Crippen LogP) is 4.88. The largest absolute Gasteiger partial charge is 0.507 e. The van der Waals surface area contributed by atoms with Crippen LogP contribution in [-0.2, 0) is 11.3 Å². The van der Waals surface area contributed by atoms with E-state index < -0.39 is 0 Å². The zero-order valence-corrected chi connectivity index (χ0v) is 19.0. The third-order valence-corrected chi connectivity index (χ3v) is 6.66. The number of amides is 1. The highest BCUT2D eigenvalue weighted by Gasteiger charge is 2.27. The maximum Gasteiger partial charge on any atom is 0.223 e. The standard InChI is InChI=1S/C28H32N2O2/c1-21-13-14-25(28(32)22(21)2)26(24-11-7-4-8-12-24)19-27(31)30-17-15-29(16-18-30)20-23-9-5-3-6-10-23/h3-14,26,32H,15-20H2,1-2H3/t26-/m1/s1. The summed E-state index contributed by atoms with van der Waals surface area (Å²) in [5.74, 6) is 0.292. The summed E-state index contributed by atoms with van der Waals surface area (Å²) < 4.78 is 0. The Hall–Kier alpha value is -3.11. The number of hydrogen-bond acceptors (Lipinski definition) is 3. The van der Waals surface area contributed by atoms with Crippen molar-refractivity contribution in [3.05, 3.63) is 101 Å². The molecule has 4 heteroatoms. The van der Waals surface area contributed by atoms with Gasteiger partial charge in [0.1, 0.15) is 5.75 Å². The van der Waals surface area contributed by atoms with Crippen molar-refractivity contribution in [2.45, 2.75) is 32.7 Å². The molecular formula is C28H32N2O2. The van der Waals surface area contributed by atoms with E-state index in [4.69, 9.17) is 0 Å². The molecule has 0 spiro atoms. The van der Waals surface area contributed by atoms with Gasteiger partial charge in [0.25, 0.3) is 0 Å². The number of piperazine rings is 1. The second-order valence-electron chi connectivity index (χ2n) is 8.76. The van der Waals surface area contributed by atoms with Gasteiger partial charge in [-0.1, -0.05) is 72.8 Å². The van der Waals surface area contributed by atoms with Crippen molar-refractivity contribution in [1.82, 2.24) is 9.80 Å². The fraction of sp³-hybridized carbons (Fsp3) is 0.321. The molecule has 0 saturated carbocycles. The van der Waals surface area contributed by atoms with E-state index in [-0.39, 0.29) is 11.8 Å². The van der Waals surface area contributed by atoms with Crippen LogP contribution in [0.1, 0.15) is 40.2 Å². The summed E-state index contributed by atoms with van der Waals surface area (Å²) in [5, 5.41) is 10.9. The molecule has 0 radical (unpaired) electrons. The Morgan fingerprint density at radius 2 is 1.50 bits per heavy atom. The van der Waals surface area contributed by atoms with Gasteiger partial charge in [0, 0.05) is 50.6 Å². The van der Waals surface area contributed by atoms with Gasteiger partial charge in [0.05, 0.1) is 0 Å². The number of benzene rings is 3. The molecule has 0 aliphatic carbocycles. The van der Waals surface area contributed by atoms with E-state index >= 15 is 0 Å². The molecule has 1 heterocycles. The van der Waals surface area contributed by atoms with E-state index in [0.29, 0.717) is 12.2 Å². The summed E-state index contributed by atoms with van der Waals surface area (Å²) in [5.41, 5.74) is 5.13. The molecule has 1 aliphatic heterocycles. The highest BCUT2D eigenvalue weighted by molar-refractivity contribution is 5.78. The molecular weight excluding hydrogens is 396 g/mol. The number of phenols is 1. The Morgan fingerprint density at radius 1 is 0.875 bits per heavy atom. The van der Waals surface area contributed by atoms with Crippen LogP contribution in [0.25, 0.3) is 0 Å². The van der Waals surface area contributed by atoms with Crippen LogP contribution in [0.2, 0.25) is 0 Å². The first-order chi connectivity index (χ1) is 15.5. The normalized spacial score (nSPS) is 15.5. The maximum atomic E-state index is 13.3.